The van der Waals surface area contributed by atoms with E-state index in [1.54, 1.807) is 0 Å². The van der Waals surface area contributed by atoms with Crippen LogP contribution in [0.2, 0.25) is 0 Å². The molecule has 192 valence electrons. The van der Waals surface area contributed by atoms with Gasteiger partial charge in [-0.05, 0) is 45.5 Å². The van der Waals surface area contributed by atoms with Crippen LogP contribution < -0.4 is 0 Å². The summed E-state index contributed by atoms with van der Waals surface area (Å²) in [5.74, 6) is 0. The maximum Gasteiger partial charge on any atom is 0.331 e. The van der Waals surface area contributed by atoms with Crippen molar-refractivity contribution < 1.29 is 27.2 Å². The summed E-state index contributed by atoms with van der Waals surface area (Å²) in [5, 5.41) is 4.62. The fourth-order valence-electron chi connectivity index (χ4n) is 5.06. The van der Waals surface area contributed by atoms with Crippen LogP contribution in [-0.4, -0.2) is 38.8 Å². The second-order valence-corrected chi connectivity index (χ2v) is 14.4. The highest BCUT2D eigenvalue weighted by molar-refractivity contribution is 7.54. The van der Waals surface area contributed by atoms with Gasteiger partial charge in [-0.3, -0.25) is 9.13 Å². The number of fused-ring (bicyclic) bond motifs is 2. The standard InChI is InChI=1S/C29H30O6P2/c30-36(17-15-25-11-5-9-23-7-1-3-13-27(23)25)32-19-29(20-33-36)21-34-37(31,35-22-29)18-16-26-12-6-10-24-8-2-4-14-28(24)26/h1-14H,15-22H2. The monoisotopic (exact) mass is 536 g/mol. The third kappa shape index (κ3) is 5.33. The van der Waals surface area contributed by atoms with Crippen LogP contribution in [0.15, 0.2) is 84.9 Å². The van der Waals surface area contributed by atoms with Crippen molar-refractivity contribution in [3.05, 3.63) is 96.1 Å². The van der Waals surface area contributed by atoms with Crippen molar-refractivity contribution in [2.45, 2.75) is 12.8 Å². The highest BCUT2D eigenvalue weighted by Crippen LogP contribution is 2.59. The number of rotatable bonds is 6. The summed E-state index contributed by atoms with van der Waals surface area (Å²) >= 11 is 0. The lowest BCUT2D eigenvalue weighted by atomic mass is 9.93. The normalized spacial score (nSPS) is 28.1. The van der Waals surface area contributed by atoms with Gasteiger partial charge in [-0.25, -0.2) is 0 Å². The molecule has 0 radical (unpaired) electrons. The predicted molar refractivity (Wildman–Crippen MR) is 146 cm³/mol. The fraction of sp³-hybridized carbons (Fsp3) is 0.310. The molecule has 0 N–H and O–H groups in total. The number of hydrogen-bond donors (Lipinski definition) is 0. The SMILES string of the molecule is O=P1(CCc2cccc3ccccc23)OCC2(CO1)COP(=O)(CCc1cccc3ccccc13)OC2. The predicted octanol–water partition coefficient (Wildman–Crippen LogP) is 7.24. The molecule has 37 heavy (non-hydrogen) atoms. The van der Waals surface area contributed by atoms with E-state index in [9.17, 15) is 9.13 Å². The first-order valence-corrected chi connectivity index (χ1v) is 16.1. The molecule has 2 fully saturated rings. The van der Waals surface area contributed by atoms with Gasteiger partial charge in [0.25, 0.3) is 0 Å². The zero-order chi connectivity index (χ0) is 25.3. The summed E-state index contributed by atoms with van der Waals surface area (Å²) in [6, 6.07) is 28.6. The van der Waals surface area contributed by atoms with Crippen molar-refractivity contribution in [1.82, 2.24) is 0 Å². The lowest BCUT2D eigenvalue weighted by Gasteiger charge is -2.43. The van der Waals surface area contributed by atoms with E-state index in [0.29, 0.717) is 25.2 Å². The van der Waals surface area contributed by atoms with Crippen LogP contribution in [0, 0.1) is 5.41 Å². The van der Waals surface area contributed by atoms with Crippen molar-refractivity contribution in [3.63, 3.8) is 0 Å². The van der Waals surface area contributed by atoms with Gasteiger partial charge in [0.05, 0.1) is 44.2 Å². The molecule has 0 aromatic heterocycles. The van der Waals surface area contributed by atoms with Crippen LogP contribution in [0.5, 0.6) is 0 Å². The van der Waals surface area contributed by atoms with E-state index in [2.05, 4.69) is 48.5 Å². The summed E-state index contributed by atoms with van der Waals surface area (Å²) < 4.78 is 49.9. The second kappa shape index (κ2) is 10.1. The first-order valence-electron chi connectivity index (χ1n) is 12.6. The van der Waals surface area contributed by atoms with Gasteiger partial charge >= 0.3 is 15.2 Å². The van der Waals surface area contributed by atoms with Crippen LogP contribution in [0.1, 0.15) is 11.1 Å². The topological polar surface area (TPSA) is 71.1 Å². The van der Waals surface area contributed by atoms with Gasteiger partial charge in [-0.1, -0.05) is 84.9 Å². The van der Waals surface area contributed by atoms with Gasteiger partial charge in [-0.15, -0.1) is 0 Å². The fourth-order valence-corrected chi connectivity index (χ4v) is 8.64. The molecule has 2 saturated heterocycles. The van der Waals surface area contributed by atoms with Crippen molar-refractivity contribution >= 4 is 36.7 Å². The molecule has 0 saturated carbocycles. The van der Waals surface area contributed by atoms with Crippen molar-refractivity contribution in [3.8, 4) is 0 Å². The molecule has 4 aromatic rings. The first-order chi connectivity index (χ1) is 18.0. The molecule has 4 aromatic carbocycles. The Kier molecular flexibility index (Phi) is 6.83. The zero-order valence-corrected chi connectivity index (χ0v) is 22.4. The molecule has 0 atom stereocenters. The van der Waals surface area contributed by atoms with E-state index in [4.69, 9.17) is 18.1 Å². The van der Waals surface area contributed by atoms with E-state index in [0.717, 1.165) is 32.7 Å². The molecular formula is C29H30O6P2. The Morgan fingerprint density at radius 3 is 1.35 bits per heavy atom. The molecule has 2 aliphatic heterocycles. The lowest BCUT2D eigenvalue weighted by Crippen LogP contribution is -2.46. The summed E-state index contributed by atoms with van der Waals surface area (Å²) in [6.07, 6.45) is 1.81. The van der Waals surface area contributed by atoms with Crippen LogP contribution in [0.4, 0.5) is 0 Å². The molecule has 0 bridgehead atoms. The summed E-state index contributed by atoms with van der Waals surface area (Å²) in [7, 11) is -6.48. The van der Waals surface area contributed by atoms with Crippen LogP contribution >= 0.6 is 15.2 Å². The molecule has 2 aliphatic rings. The first kappa shape index (κ1) is 25.0. The Hall–Kier alpha value is -2.30. The average molecular weight is 537 g/mol. The number of aryl methyl sites for hydroxylation is 2. The largest absolute Gasteiger partial charge is 0.331 e. The zero-order valence-electron chi connectivity index (χ0n) is 20.6. The molecule has 6 nitrogen and oxygen atoms in total. The smallest absolute Gasteiger partial charge is 0.308 e. The Bertz CT molecular complexity index is 1380. The molecule has 0 aliphatic carbocycles. The van der Waals surface area contributed by atoms with Crippen LogP contribution in [-0.2, 0) is 40.1 Å². The van der Waals surface area contributed by atoms with Gasteiger partial charge in [0.1, 0.15) is 0 Å². The molecule has 0 amide bonds. The maximum atomic E-state index is 13.3. The van der Waals surface area contributed by atoms with E-state index in [1.165, 1.54) is 0 Å². The lowest BCUT2D eigenvalue weighted by molar-refractivity contribution is -0.0683. The maximum absolute atomic E-state index is 13.3. The highest BCUT2D eigenvalue weighted by atomic mass is 31.2. The third-order valence-electron chi connectivity index (χ3n) is 7.34. The van der Waals surface area contributed by atoms with E-state index >= 15 is 0 Å². The molecule has 6 rings (SSSR count). The average Bonchev–Trinajstić information content (AvgIpc) is 2.94. The molecule has 0 unspecified atom stereocenters. The van der Waals surface area contributed by atoms with Crippen LogP contribution in [0.25, 0.3) is 21.5 Å². The molecule has 8 heteroatoms. The third-order valence-corrected chi connectivity index (χ3v) is 11.0. The second-order valence-electron chi connectivity index (χ2n) is 10.0. The summed E-state index contributed by atoms with van der Waals surface area (Å²) in [4.78, 5) is 0. The Morgan fingerprint density at radius 1 is 0.541 bits per heavy atom. The highest BCUT2D eigenvalue weighted by Gasteiger charge is 2.48. The van der Waals surface area contributed by atoms with Gasteiger partial charge in [0, 0.05) is 0 Å². The van der Waals surface area contributed by atoms with Gasteiger partial charge in [0.2, 0.25) is 0 Å². The quantitative estimate of drug-likeness (QED) is 0.242. The van der Waals surface area contributed by atoms with Gasteiger partial charge in [-0.2, -0.15) is 0 Å². The minimum Gasteiger partial charge on any atom is -0.308 e. The summed E-state index contributed by atoms with van der Waals surface area (Å²) in [6.45, 7) is 0.790. The molecule has 2 heterocycles. The van der Waals surface area contributed by atoms with Crippen LogP contribution in [0.3, 0.4) is 0 Å². The van der Waals surface area contributed by atoms with Crippen molar-refractivity contribution in [1.29, 1.82) is 0 Å². The van der Waals surface area contributed by atoms with Crippen molar-refractivity contribution in [2.24, 2.45) is 5.41 Å². The minimum atomic E-state index is -3.24. The summed E-state index contributed by atoms with van der Waals surface area (Å²) in [5.41, 5.74) is 1.65. The number of benzene rings is 4. The molecule has 1 spiro atoms. The number of hydrogen-bond acceptors (Lipinski definition) is 6. The molecular weight excluding hydrogens is 506 g/mol. The van der Waals surface area contributed by atoms with Gasteiger partial charge < -0.3 is 18.1 Å². The minimum absolute atomic E-state index is 0.198. The van der Waals surface area contributed by atoms with Gasteiger partial charge in [0.15, 0.2) is 0 Å². The Morgan fingerprint density at radius 2 is 0.919 bits per heavy atom. The Labute approximate surface area is 217 Å². The van der Waals surface area contributed by atoms with E-state index < -0.39 is 20.6 Å². The van der Waals surface area contributed by atoms with E-state index in [1.807, 2.05) is 36.4 Å². The van der Waals surface area contributed by atoms with E-state index in [-0.39, 0.29) is 26.4 Å². The Balaban J connectivity index is 1.04. The van der Waals surface area contributed by atoms with Crippen molar-refractivity contribution in [2.75, 3.05) is 38.8 Å².